The molecule has 1 amide bonds. The molecular weight excluding hydrogens is 462 g/mol. The van der Waals surface area contributed by atoms with Crippen molar-refractivity contribution in [1.82, 2.24) is 20.2 Å². The summed E-state index contributed by atoms with van der Waals surface area (Å²) in [5.74, 6) is -2.89. The van der Waals surface area contributed by atoms with Crippen LogP contribution in [0.4, 0.5) is 8.78 Å². The predicted molar refractivity (Wildman–Crippen MR) is 137 cm³/mol. The summed E-state index contributed by atoms with van der Waals surface area (Å²) in [6.45, 7) is 4.84. The first-order chi connectivity index (χ1) is 16.8. The summed E-state index contributed by atoms with van der Waals surface area (Å²) in [6.07, 6.45) is 5.06. The Morgan fingerprint density at radius 1 is 1.08 bits per heavy atom. The summed E-state index contributed by atoms with van der Waals surface area (Å²) >= 11 is 0. The number of carbonyl (C=O) groups is 2. The average Bonchev–Trinajstić information content (AvgIpc) is 3.30. The lowest BCUT2D eigenvalue weighted by Crippen LogP contribution is -2.46. The summed E-state index contributed by atoms with van der Waals surface area (Å²) in [5, 5.41) is 2.92. The Hall–Kier alpha value is -3.13. The molecule has 2 N–H and O–H groups in total. The van der Waals surface area contributed by atoms with E-state index in [4.69, 9.17) is 0 Å². The zero-order valence-electron chi connectivity index (χ0n) is 20.2. The molecule has 194 valence electrons. The molecule has 0 unspecified atom stereocenters. The lowest BCUT2D eigenvalue weighted by Gasteiger charge is -2.38. The van der Waals surface area contributed by atoms with Crippen LogP contribution >= 0.6 is 0 Å². The SMILES string of the molecule is C.C[C@@H]1CCC[C@H](C)N1CC(=O)C[C@@H](Cc1ccc(F)c(F)c1)C(=O)NCc1ccc2nc[nH]c2c1. The van der Waals surface area contributed by atoms with Gasteiger partial charge < -0.3 is 10.3 Å². The zero-order valence-corrected chi connectivity index (χ0v) is 20.2. The minimum atomic E-state index is -0.961. The van der Waals surface area contributed by atoms with Crippen molar-refractivity contribution in [3.63, 3.8) is 0 Å². The maximum Gasteiger partial charge on any atom is 0.224 e. The van der Waals surface area contributed by atoms with Gasteiger partial charge in [0.05, 0.1) is 23.9 Å². The Bertz CT molecular complexity index is 1190. The Labute approximate surface area is 211 Å². The van der Waals surface area contributed by atoms with Crippen LogP contribution in [0.1, 0.15) is 58.1 Å². The topological polar surface area (TPSA) is 78.1 Å². The second-order valence-electron chi connectivity index (χ2n) is 9.67. The van der Waals surface area contributed by atoms with Crippen LogP contribution in [-0.2, 0) is 22.6 Å². The molecule has 0 bridgehead atoms. The van der Waals surface area contributed by atoms with Crippen molar-refractivity contribution < 1.29 is 18.4 Å². The molecule has 0 saturated carbocycles. The van der Waals surface area contributed by atoms with Crippen LogP contribution < -0.4 is 5.32 Å². The van der Waals surface area contributed by atoms with Crippen LogP contribution in [-0.4, -0.2) is 45.2 Å². The molecule has 1 aromatic heterocycles. The standard InChI is InChI=1S/C27H32F2N4O2.CH4/c1-17-4-3-5-18(2)33(17)15-22(34)13-21(10-19-6-8-23(28)24(29)11-19)27(35)30-14-20-7-9-25-26(12-20)32-16-31-25;/h6-9,11-12,16-18,21H,3-5,10,13-15H2,1-2H3,(H,30,35)(H,31,32);1H4/t17-,18+,21-;/m1./s1. The number of hydrogen-bond donors (Lipinski definition) is 2. The van der Waals surface area contributed by atoms with Crippen molar-refractivity contribution in [2.45, 2.75) is 72.0 Å². The molecule has 2 aromatic carbocycles. The fourth-order valence-electron chi connectivity index (χ4n) is 4.96. The Morgan fingerprint density at radius 2 is 1.81 bits per heavy atom. The van der Waals surface area contributed by atoms with E-state index in [1.165, 1.54) is 6.07 Å². The monoisotopic (exact) mass is 498 g/mol. The predicted octanol–water partition coefficient (Wildman–Crippen LogP) is 5.17. The maximum atomic E-state index is 13.8. The molecule has 0 radical (unpaired) electrons. The number of imidazole rings is 1. The molecule has 8 heteroatoms. The molecule has 4 rings (SSSR count). The molecule has 6 nitrogen and oxygen atoms in total. The summed E-state index contributed by atoms with van der Waals surface area (Å²) in [6, 6.07) is 9.92. The molecular formula is C28H36F2N4O2. The van der Waals surface area contributed by atoms with Crippen molar-refractivity contribution in [2.75, 3.05) is 6.54 Å². The van der Waals surface area contributed by atoms with Gasteiger partial charge >= 0.3 is 0 Å². The number of fused-ring (bicyclic) bond motifs is 1. The molecule has 2 heterocycles. The zero-order chi connectivity index (χ0) is 24.9. The van der Waals surface area contributed by atoms with Gasteiger partial charge in [-0.2, -0.15) is 0 Å². The van der Waals surface area contributed by atoms with Crippen molar-refractivity contribution in [2.24, 2.45) is 5.92 Å². The number of hydrogen-bond acceptors (Lipinski definition) is 4. The van der Waals surface area contributed by atoms with Crippen molar-refractivity contribution >= 4 is 22.7 Å². The summed E-state index contributed by atoms with van der Waals surface area (Å²) in [4.78, 5) is 35.7. The summed E-state index contributed by atoms with van der Waals surface area (Å²) < 4.78 is 27.2. The van der Waals surface area contributed by atoms with Crippen LogP contribution in [0.25, 0.3) is 11.0 Å². The van der Waals surface area contributed by atoms with Gasteiger partial charge in [-0.25, -0.2) is 13.8 Å². The van der Waals surface area contributed by atoms with Crippen LogP contribution in [0.5, 0.6) is 0 Å². The van der Waals surface area contributed by atoms with Crippen molar-refractivity contribution in [3.8, 4) is 0 Å². The van der Waals surface area contributed by atoms with Gasteiger partial charge in [-0.3, -0.25) is 14.5 Å². The number of H-pyrrole nitrogens is 1. The van der Waals surface area contributed by atoms with Crippen LogP contribution in [0.3, 0.4) is 0 Å². The van der Waals surface area contributed by atoms with Crippen molar-refractivity contribution in [3.05, 3.63) is 65.5 Å². The summed E-state index contributed by atoms with van der Waals surface area (Å²) in [7, 11) is 0. The molecule has 1 saturated heterocycles. The number of aromatic nitrogens is 2. The number of benzene rings is 2. The van der Waals surface area contributed by atoms with Gasteiger partial charge in [0.15, 0.2) is 11.6 Å². The normalized spacial score (nSPS) is 19.0. The van der Waals surface area contributed by atoms with E-state index in [-0.39, 0.29) is 38.5 Å². The molecule has 3 aromatic rings. The lowest BCUT2D eigenvalue weighted by molar-refractivity contribution is -0.130. The number of likely N-dealkylation sites (tertiary alicyclic amines) is 1. The molecule has 3 atom stereocenters. The number of aromatic amines is 1. The van der Waals surface area contributed by atoms with Gasteiger partial charge in [0.1, 0.15) is 5.78 Å². The quantitative estimate of drug-likeness (QED) is 0.426. The minimum Gasteiger partial charge on any atom is -0.352 e. The van der Waals surface area contributed by atoms with Crippen LogP contribution in [0.15, 0.2) is 42.7 Å². The van der Waals surface area contributed by atoms with E-state index in [9.17, 15) is 18.4 Å². The van der Waals surface area contributed by atoms with E-state index in [2.05, 4.69) is 34.0 Å². The number of rotatable bonds is 9. The van der Waals surface area contributed by atoms with Gasteiger partial charge in [-0.05, 0) is 68.5 Å². The third kappa shape index (κ3) is 6.75. The molecule has 0 spiro atoms. The highest BCUT2D eigenvalue weighted by Gasteiger charge is 2.29. The first kappa shape index (κ1) is 27.5. The highest BCUT2D eigenvalue weighted by atomic mass is 19.2. The maximum absolute atomic E-state index is 13.8. The Kier molecular flexibility index (Phi) is 9.31. The van der Waals surface area contributed by atoms with Crippen LogP contribution in [0.2, 0.25) is 0 Å². The second-order valence-corrected chi connectivity index (χ2v) is 9.67. The van der Waals surface area contributed by atoms with E-state index >= 15 is 0 Å². The number of piperidine rings is 1. The van der Waals surface area contributed by atoms with Gasteiger partial charge in [0.2, 0.25) is 5.91 Å². The number of Topliss-reactive ketones (excluding diaryl/α,β-unsaturated/α-hetero) is 1. The number of amides is 1. The minimum absolute atomic E-state index is 0. The fourth-order valence-corrected chi connectivity index (χ4v) is 4.96. The molecule has 0 aliphatic carbocycles. The van der Waals surface area contributed by atoms with E-state index in [0.717, 1.165) is 48.0 Å². The van der Waals surface area contributed by atoms with Crippen molar-refractivity contribution in [1.29, 1.82) is 0 Å². The largest absolute Gasteiger partial charge is 0.352 e. The number of nitrogens with zero attached hydrogens (tertiary/aromatic N) is 2. The molecule has 1 aliphatic heterocycles. The van der Waals surface area contributed by atoms with Gasteiger partial charge in [-0.1, -0.05) is 26.0 Å². The molecule has 1 aliphatic rings. The number of halogens is 2. The highest BCUT2D eigenvalue weighted by Crippen LogP contribution is 2.23. The molecule has 36 heavy (non-hydrogen) atoms. The first-order valence-corrected chi connectivity index (χ1v) is 12.2. The Morgan fingerprint density at radius 3 is 2.53 bits per heavy atom. The third-order valence-electron chi connectivity index (χ3n) is 7.00. The average molecular weight is 499 g/mol. The van der Waals surface area contributed by atoms with E-state index in [0.29, 0.717) is 24.2 Å². The second kappa shape index (κ2) is 12.2. The Balaban J connectivity index is 0.00000361. The lowest BCUT2D eigenvalue weighted by atomic mass is 9.91. The summed E-state index contributed by atoms with van der Waals surface area (Å²) in [5.41, 5.74) is 3.08. The van der Waals surface area contributed by atoms with E-state index in [1.807, 2.05) is 18.2 Å². The van der Waals surface area contributed by atoms with Gasteiger partial charge in [0, 0.05) is 31.0 Å². The van der Waals surface area contributed by atoms with E-state index in [1.54, 1.807) is 6.33 Å². The smallest absolute Gasteiger partial charge is 0.224 e. The number of nitrogens with one attached hydrogen (secondary N) is 2. The van der Waals surface area contributed by atoms with Crippen LogP contribution in [0, 0.1) is 17.6 Å². The number of carbonyl (C=O) groups excluding carboxylic acids is 2. The third-order valence-corrected chi connectivity index (χ3v) is 7.00. The first-order valence-electron chi connectivity index (χ1n) is 12.2. The van der Waals surface area contributed by atoms with E-state index < -0.39 is 17.6 Å². The van der Waals surface area contributed by atoms with Gasteiger partial charge in [0.25, 0.3) is 0 Å². The molecule has 1 fully saturated rings. The highest BCUT2D eigenvalue weighted by molar-refractivity contribution is 5.88. The number of ketones is 1. The fraction of sp³-hybridized carbons (Fsp3) is 0.464. The van der Waals surface area contributed by atoms with Gasteiger partial charge in [-0.15, -0.1) is 0 Å².